The van der Waals surface area contributed by atoms with Crippen LogP contribution in [0.25, 0.3) is 0 Å². The third-order valence-electron chi connectivity index (χ3n) is 3.82. The van der Waals surface area contributed by atoms with Gasteiger partial charge < -0.3 is 25.0 Å². The van der Waals surface area contributed by atoms with Gasteiger partial charge in [-0.25, -0.2) is 4.99 Å². The van der Waals surface area contributed by atoms with E-state index in [9.17, 15) is 4.79 Å². The number of nitrogens with zero attached hydrogens (tertiary/aromatic N) is 2. The number of thiophene rings is 1. The van der Waals surface area contributed by atoms with Gasteiger partial charge in [-0.1, -0.05) is 6.07 Å². The molecule has 0 saturated heterocycles. The Morgan fingerprint density at radius 3 is 2.63 bits per heavy atom. The van der Waals surface area contributed by atoms with Gasteiger partial charge in [0.1, 0.15) is 11.5 Å². The fraction of sp³-hybridized carbons (Fsp3) is 0.368. The Labute approximate surface area is 164 Å². The average Bonchev–Trinajstić information content (AvgIpc) is 3.20. The molecule has 0 fully saturated rings. The third-order valence-corrected chi connectivity index (χ3v) is 4.69. The number of amides is 1. The molecule has 8 heteroatoms. The molecule has 0 atom stereocenters. The molecule has 2 aromatic rings. The number of likely N-dealkylation sites (N-methyl/N-ethyl adjacent to an activating group) is 1. The molecular formula is C19H26N4O3S. The predicted molar refractivity (Wildman–Crippen MR) is 109 cm³/mol. The maximum atomic E-state index is 11.9. The fourth-order valence-electron chi connectivity index (χ4n) is 2.22. The lowest BCUT2D eigenvalue weighted by atomic mass is 10.2. The van der Waals surface area contributed by atoms with E-state index in [0.29, 0.717) is 24.8 Å². The minimum absolute atomic E-state index is 0.0253. The first kappa shape index (κ1) is 20.6. The van der Waals surface area contributed by atoms with E-state index in [1.807, 2.05) is 35.7 Å². The van der Waals surface area contributed by atoms with Crippen molar-refractivity contribution in [2.75, 3.05) is 34.9 Å². The Balaban J connectivity index is 2.09. The molecule has 2 N–H and O–H groups in total. The van der Waals surface area contributed by atoms with Crippen molar-refractivity contribution < 1.29 is 14.3 Å². The van der Waals surface area contributed by atoms with Crippen LogP contribution in [-0.2, 0) is 17.9 Å². The molecule has 0 unspecified atom stereocenters. The molecule has 0 spiro atoms. The monoisotopic (exact) mass is 390 g/mol. The molecule has 0 aliphatic carbocycles. The summed E-state index contributed by atoms with van der Waals surface area (Å²) in [7, 11) is 6.68. The summed E-state index contributed by atoms with van der Waals surface area (Å²) in [6, 6.07) is 9.67. The molecular weight excluding hydrogens is 364 g/mol. The Kier molecular flexibility index (Phi) is 7.94. The van der Waals surface area contributed by atoms with E-state index in [1.165, 1.54) is 9.78 Å². The molecule has 0 aliphatic rings. The summed E-state index contributed by atoms with van der Waals surface area (Å²) in [6.07, 6.45) is 0. The highest BCUT2D eigenvalue weighted by atomic mass is 32.1. The zero-order valence-corrected chi connectivity index (χ0v) is 16.9. The smallest absolute Gasteiger partial charge is 0.241 e. The van der Waals surface area contributed by atoms with Gasteiger partial charge in [0.05, 0.1) is 33.9 Å². The van der Waals surface area contributed by atoms with Crippen LogP contribution in [0.4, 0.5) is 0 Å². The molecule has 146 valence electrons. The van der Waals surface area contributed by atoms with Gasteiger partial charge in [-0.15, -0.1) is 11.3 Å². The van der Waals surface area contributed by atoms with Crippen molar-refractivity contribution in [1.29, 1.82) is 0 Å². The van der Waals surface area contributed by atoms with Crippen LogP contribution in [-0.4, -0.2) is 51.6 Å². The second-order valence-electron chi connectivity index (χ2n) is 5.92. The van der Waals surface area contributed by atoms with Crippen LogP contribution in [0.5, 0.6) is 11.5 Å². The lowest BCUT2D eigenvalue weighted by molar-refractivity contribution is -0.127. The van der Waals surface area contributed by atoms with Crippen molar-refractivity contribution in [3.05, 3.63) is 46.2 Å². The number of guanidine groups is 1. The van der Waals surface area contributed by atoms with E-state index < -0.39 is 0 Å². The quantitative estimate of drug-likeness (QED) is 0.533. The number of nitrogens with one attached hydrogen (secondary N) is 2. The topological polar surface area (TPSA) is 75.2 Å². The summed E-state index contributed by atoms with van der Waals surface area (Å²) in [6.45, 7) is 1.21. The molecule has 1 aromatic carbocycles. The van der Waals surface area contributed by atoms with E-state index in [2.05, 4.69) is 15.6 Å². The van der Waals surface area contributed by atoms with E-state index in [4.69, 9.17) is 9.47 Å². The Bertz CT molecular complexity index is 760. The molecule has 0 bridgehead atoms. The first-order valence-corrected chi connectivity index (χ1v) is 9.37. The molecule has 0 radical (unpaired) electrons. The first-order chi connectivity index (χ1) is 13.0. The predicted octanol–water partition coefficient (Wildman–Crippen LogP) is 2.09. The standard InChI is InChI=1S/C19H26N4O3S/c1-23(2)18(24)13-22-19(21-12-16-6-5-9-27-16)20-11-14-7-8-15(25-3)10-17(14)26-4/h5-10H,11-13H2,1-4H3,(H2,20,21,22). The summed E-state index contributed by atoms with van der Waals surface area (Å²) < 4.78 is 10.6. The van der Waals surface area contributed by atoms with Crippen molar-refractivity contribution >= 4 is 23.2 Å². The van der Waals surface area contributed by atoms with Crippen molar-refractivity contribution in [3.8, 4) is 11.5 Å². The third kappa shape index (κ3) is 6.49. The number of methoxy groups -OCH3 is 2. The minimum atomic E-state index is -0.0253. The van der Waals surface area contributed by atoms with Crippen LogP contribution < -0.4 is 20.1 Å². The SMILES string of the molecule is COc1ccc(CN=C(NCC(=O)N(C)C)NCc2cccs2)c(OC)c1. The van der Waals surface area contributed by atoms with Gasteiger partial charge in [0, 0.05) is 30.6 Å². The van der Waals surface area contributed by atoms with Gasteiger partial charge in [0.2, 0.25) is 5.91 Å². The Morgan fingerprint density at radius 1 is 1.19 bits per heavy atom. The summed E-state index contributed by atoms with van der Waals surface area (Å²) in [5.74, 6) is 1.98. The van der Waals surface area contributed by atoms with Crippen LogP contribution in [0.15, 0.2) is 40.7 Å². The number of hydrogen-bond donors (Lipinski definition) is 2. The summed E-state index contributed by atoms with van der Waals surface area (Å²) in [5, 5.41) is 8.37. The zero-order chi connectivity index (χ0) is 19.6. The lowest BCUT2D eigenvalue weighted by Gasteiger charge is -2.15. The van der Waals surface area contributed by atoms with Crippen molar-refractivity contribution in [2.45, 2.75) is 13.1 Å². The van der Waals surface area contributed by atoms with E-state index in [1.54, 1.807) is 39.7 Å². The van der Waals surface area contributed by atoms with Crippen LogP contribution in [0.3, 0.4) is 0 Å². The van der Waals surface area contributed by atoms with Crippen LogP contribution >= 0.6 is 11.3 Å². The van der Waals surface area contributed by atoms with Crippen LogP contribution in [0.1, 0.15) is 10.4 Å². The first-order valence-electron chi connectivity index (χ1n) is 8.49. The molecule has 2 rings (SSSR count). The molecule has 1 heterocycles. The summed E-state index contributed by atoms with van der Waals surface area (Å²) in [4.78, 5) is 19.2. The number of hydrogen-bond acceptors (Lipinski definition) is 5. The normalized spacial score (nSPS) is 11.0. The summed E-state index contributed by atoms with van der Waals surface area (Å²) >= 11 is 1.66. The molecule has 0 aliphatic heterocycles. The maximum absolute atomic E-state index is 11.9. The lowest BCUT2D eigenvalue weighted by Crippen LogP contribution is -2.42. The van der Waals surface area contributed by atoms with Crippen molar-refractivity contribution in [1.82, 2.24) is 15.5 Å². The molecule has 0 saturated carbocycles. The second-order valence-corrected chi connectivity index (χ2v) is 6.95. The highest BCUT2D eigenvalue weighted by Crippen LogP contribution is 2.25. The Morgan fingerprint density at radius 2 is 2.00 bits per heavy atom. The number of benzene rings is 1. The highest BCUT2D eigenvalue weighted by molar-refractivity contribution is 7.09. The number of carbonyl (C=O) groups excluding carboxylic acids is 1. The van der Waals surface area contributed by atoms with Crippen molar-refractivity contribution in [2.24, 2.45) is 4.99 Å². The molecule has 1 amide bonds. The number of rotatable bonds is 8. The number of aliphatic imine (C=N–C) groups is 1. The average molecular weight is 391 g/mol. The van der Waals surface area contributed by atoms with Crippen molar-refractivity contribution in [3.63, 3.8) is 0 Å². The maximum Gasteiger partial charge on any atom is 0.241 e. The van der Waals surface area contributed by atoms with Gasteiger partial charge in [-0.3, -0.25) is 4.79 Å². The van der Waals surface area contributed by atoms with E-state index in [-0.39, 0.29) is 12.5 Å². The van der Waals surface area contributed by atoms with Gasteiger partial charge in [0.25, 0.3) is 0 Å². The molecule has 7 nitrogen and oxygen atoms in total. The van der Waals surface area contributed by atoms with Gasteiger partial charge >= 0.3 is 0 Å². The van der Waals surface area contributed by atoms with Gasteiger partial charge in [-0.05, 0) is 23.6 Å². The summed E-state index contributed by atoms with van der Waals surface area (Å²) in [5.41, 5.74) is 0.925. The van der Waals surface area contributed by atoms with E-state index in [0.717, 1.165) is 11.3 Å². The number of carbonyl (C=O) groups is 1. The van der Waals surface area contributed by atoms with Gasteiger partial charge in [0.15, 0.2) is 5.96 Å². The molecule has 27 heavy (non-hydrogen) atoms. The largest absolute Gasteiger partial charge is 0.497 e. The fourth-order valence-corrected chi connectivity index (χ4v) is 2.87. The van der Waals surface area contributed by atoms with Gasteiger partial charge in [-0.2, -0.15) is 0 Å². The second kappa shape index (κ2) is 10.4. The number of ether oxygens (including phenoxy) is 2. The van der Waals surface area contributed by atoms with E-state index >= 15 is 0 Å². The highest BCUT2D eigenvalue weighted by Gasteiger charge is 2.08. The minimum Gasteiger partial charge on any atom is -0.497 e. The van der Waals surface area contributed by atoms with Crippen LogP contribution in [0, 0.1) is 0 Å². The Hall–Kier alpha value is -2.74. The zero-order valence-electron chi connectivity index (χ0n) is 16.1. The molecule has 1 aromatic heterocycles. The van der Waals surface area contributed by atoms with Crippen LogP contribution in [0.2, 0.25) is 0 Å².